The van der Waals surface area contributed by atoms with Crippen LogP contribution in [0.4, 0.5) is 0 Å². The average Bonchev–Trinajstić information content (AvgIpc) is 2.49. The van der Waals surface area contributed by atoms with Crippen molar-refractivity contribution in [3.63, 3.8) is 0 Å². The van der Waals surface area contributed by atoms with Gasteiger partial charge in [0.25, 0.3) is 0 Å². The molecule has 0 fully saturated rings. The van der Waals surface area contributed by atoms with Gasteiger partial charge >= 0.3 is 0 Å². The third-order valence-electron chi connectivity index (χ3n) is 3.95. The lowest BCUT2D eigenvalue weighted by molar-refractivity contribution is 0.251. The summed E-state index contributed by atoms with van der Waals surface area (Å²) in [5, 5.41) is 3.51. The van der Waals surface area contributed by atoms with Crippen LogP contribution in [0.15, 0.2) is 12.1 Å². The number of ether oxygens (including phenoxy) is 2. The quantitative estimate of drug-likeness (QED) is 0.782. The van der Waals surface area contributed by atoms with Gasteiger partial charge in [-0.1, -0.05) is 13.8 Å². The molecular formula is C17H28N2O2. The highest BCUT2D eigenvalue weighted by atomic mass is 16.5. The van der Waals surface area contributed by atoms with E-state index < -0.39 is 0 Å². The minimum Gasteiger partial charge on any atom is -0.493 e. The van der Waals surface area contributed by atoms with Gasteiger partial charge in [-0.15, -0.1) is 0 Å². The zero-order valence-electron chi connectivity index (χ0n) is 13.7. The summed E-state index contributed by atoms with van der Waals surface area (Å²) in [4.78, 5) is 2.50. The van der Waals surface area contributed by atoms with Crippen molar-refractivity contribution in [3.8, 4) is 11.5 Å². The van der Waals surface area contributed by atoms with E-state index in [1.54, 1.807) is 14.2 Å². The number of nitrogens with one attached hydrogen (secondary N) is 1. The van der Waals surface area contributed by atoms with Crippen LogP contribution in [0, 0.1) is 5.92 Å². The first-order chi connectivity index (χ1) is 10.1. The molecule has 0 aromatic heterocycles. The highest BCUT2D eigenvalue weighted by Gasteiger charge is 2.18. The van der Waals surface area contributed by atoms with Crippen molar-refractivity contribution >= 4 is 0 Å². The van der Waals surface area contributed by atoms with E-state index >= 15 is 0 Å². The summed E-state index contributed by atoms with van der Waals surface area (Å²) < 4.78 is 10.8. The van der Waals surface area contributed by atoms with Gasteiger partial charge < -0.3 is 14.8 Å². The van der Waals surface area contributed by atoms with Crippen LogP contribution >= 0.6 is 0 Å². The Morgan fingerprint density at radius 2 is 1.81 bits per heavy atom. The lowest BCUT2D eigenvalue weighted by Gasteiger charge is -2.29. The van der Waals surface area contributed by atoms with Crippen LogP contribution in [-0.2, 0) is 13.0 Å². The molecule has 0 saturated heterocycles. The Morgan fingerprint density at radius 3 is 2.43 bits per heavy atom. The topological polar surface area (TPSA) is 33.7 Å². The van der Waals surface area contributed by atoms with Crippen LogP contribution in [0.5, 0.6) is 11.5 Å². The molecule has 21 heavy (non-hydrogen) atoms. The molecule has 118 valence electrons. The fourth-order valence-electron chi connectivity index (χ4n) is 2.76. The number of benzene rings is 1. The molecule has 0 aliphatic carbocycles. The first-order valence-corrected chi connectivity index (χ1v) is 7.81. The van der Waals surface area contributed by atoms with E-state index in [0.717, 1.165) is 50.6 Å². The molecule has 0 amide bonds. The maximum Gasteiger partial charge on any atom is 0.161 e. The van der Waals surface area contributed by atoms with Crippen molar-refractivity contribution in [3.05, 3.63) is 23.3 Å². The molecule has 4 nitrogen and oxygen atoms in total. The highest BCUT2D eigenvalue weighted by molar-refractivity contribution is 5.48. The molecule has 0 bridgehead atoms. The molecule has 0 spiro atoms. The van der Waals surface area contributed by atoms with Crippen LogP contribution in [-0.4, -0.2) is 45.3 Å². The van der Waals surface area contributed by atoms with E-state index in [1.807, 2.05) is 0 Å². The van der Waals surface area contributed by atoms with Gasteiger partial charge in [0, 0.05) is 26.2 Å². The van der Waals surface area contributed by atoms with Gasteiger partial charge in [-0.25, -0.2) is 0 Å². The molecule has 0 atom stereocenters. The number of fused-ring (bicyclic) bond motifs is 1. The summed E-state index contributed by atoms with van der Waals surface area (Å²) in [5.74, 6) is 2.38. The average molecular weight is 292 g/mol. The Morgan fingerprint density at radius 1 is 1.14 bits per heavy atom. The molecule has 1 N–H and O–H groups in total. The third-order valence-corrected chi connectivity index (χ3v) is 3.95. The van der Waals surface area contributed by atoms with Crippen molar-refractivity contribution in [2.24, 2.45) is 5.92 Å². The van der Waals surface area contributed by atoms with E-state index in [-0.39, 0.29) is 0 Å². The van der Waals surface area contributed by atoms with Gasteiger partial charge in [0.2, 0.25) is 0 Å². The van der Waals surface area contributed by atoms with Gasteiger partial charge in [0.1, 0.15) is 0 Å². The Kier molecular flexibility index (Phi) is 5.88. The fraction of sp³-hybridized carbons (Fsp3) is 0.647. The summed E-state index contributed by atoms with van der Waals surface area (Å²) >= 11 is 0. The summed E-state index contributed by atoms with van der Waals surface area (Å²) in [5.41, 5.74) is 2.75. The molecule has 0 unspecified atom stereocenters. The predicted molar refractivity (Wildman–Crippen MR) is 86.2 cm³/mol. The molecule has 1 heterocycles. The first-order valence-electron chi connectivity index (χ1n) is 7.81. The molecule has 1 aliphatic heterocycles. The normalized spacial score (nSPS) is 15.1. The monoisotopic (exact) mass is 292 g/mol. The standard InChI is InChI=1S/C17H28N2O2/c1-13(2)11-18-6-8-19-7-5-14-9-16(20-3)17(21-4)10-15(14)12-19/h9-10,13,18H,5-8,11-12H2,1-4H3. The van der Waals surface area contributed by atoms with Crippen LogP contribution in [0.1, 0.15) is 25.0 Å². The van der Waals surface area contributed by atoms with E-state index in [0.29, 0.717) is 5.92 Å². The number of hydrogen-bond acceptors (Lipinski definition) is 4. The predicted octanol–water partition coefficient (Wildman–Crippen LogP) is 2.31. The maximum atomic E-state index is 5.41. The number of hydrogen-bond donors (Lipinski definition) is 1. The largest absolute Gasteiger partial charge is 0.493 e. The number of methoxy groups -OCH3 is 2. The minimum atomic E-state index is 0.712. The molecule has 0 saturated carbocycles. The number of nitrogens with zero attached hydrogens (tertiary/aromatic N) is 1. The van der Waals surface area contributed by atoms with Crippen LogP contribution in [0.25, 0.3) is 0 Å². The third kappa shape index (κ3) is 4.35. The molecule has 2 rings (SSSR count). The molecule has 1 aromatic carbocycles. The summed E-state index contributed by atoms with van der Waals surface area (Å²) in [6.45, 7) is 9.84. The highest BCUT2D eigenvalue weighted by Crippen LogP contribution is 2.33. The summed E-state index contributed by atoms with van der Waals surface area (Å²) in [7, 11) is 3.39. The zero-order chi connectivity index (χ0) is 15.2. The molecule has 1 aliphatic rings. The van der Waals surface area contributed by atoms with E-state index in [1.165, 1.54) is 11.1 Å². The van der Waals surface area contributed by atoms with Crippen molar-refractivity contribution in [1.29, 1.82) is 0 Å². The lowest BCUT2D eigenvalue weighted by Crippen LogP contribution is -2.36. The Balaban J connectivity index is 1.93. The molecular weight excluding hydrogens is 264 g/mol. The van der Waals surface area contributed by atoms with Gasteiger partial charge in [-0.3, -0.25) is 4.90 Å². The summed E-state index contributed by atoms with van der Waals surface area (Å²) in [6, 6.07) is 4.25. The Bertz CT molecular complexity index is 460. The Labute approximate surface area is 128 Å². The molecule has 4 heteroatoms. The second kappa shape index (κ2) is 7.66. The molecule has 1 aromatic rings. The fourth-order valence-corrected chi connectivity index (χ4v) is 2.76. The van der Waals surface area contributed by atoms with Crippen molar-refractivity contribution in [2.75, 3.05) is 40.4 Å². The second-order valence-corrected chi connectivity index (χ2v) is 6.10. The maximum absolute atomic E-state index is 5.41. The smallest absolute Gasteiger partial charge is 0.161 e. The van der Waals surface area contributed by atoms with Crippen LogP contribution < -0.4 is 14.8 Å². The minimum absolute atomic E-state index is 0.712. The number of rotatable bonds is 7. The lowest BCUT2D eigenvalue weighted by atomic mass is 9.99. The van der Waals surface area contributed by atoms with Crippen molar-refractivity contribution in [1.82, 2.24) is 10.2 Å². The van der Waals surface area contributed by atoms with Crippen LogP contribution in [0.2, 0.25) is 0 Å². The second-order valence-electron chi connectivity index (χ2n) is 6.10. The van der Waals surface area contributed by atoms with Gasteiger partial charge in [0.05, 0.1) is 14.2 Å². The van der Waals surface area contributed by atoms with E-state index in [2.05, 4.69) is 36.2 Å². The Hall–Kier alpha value is -1.26. The van der Waals surface area contributed by atoms with Crippen molar-refractivity contribution in [2.45, 2.75) is 26.8 Å². The van der Waals surface area contributed by atoms with Crippen molar-refractivity contribution < 1.29 is 9.47 Å². The first kappa shape index (κ1) is 16.1. The molecule has 0 radical (unpaired) electrons. The van der Waals surface area contributed by atoms with Gasteiger partial charge in [0.15, 0.2) is 11.5 Å². The van der Waals surface area contributed by atoms with E-state index in [4.69, 9.17) is 9.47 Å². The zero-order valence-corrected chi connectivity index (χ0v) is 13.7. The van der Waals surface area contributed by atoms with Gasteiger partial charge in [-0.05, 0) is 42.1 Å². The van der Waals surface area contributed by atoms with Crippen LogP contribution in [0.3, 0.4) is 0 Å². The van der Waals surface area contributed by atoms with E-state index in [9.17, 15) is 0 Å². The SMILES string of the molecule is COc1cc2c(cc1OC)CN(CCNCC(C)C)CC2. The summed E-state index contributed by atoms with van der Waals surface area (Å²) in [6.07, 6.45) is 1.08. The van der Waals surface area contributed by atoms with Gasteiger partial charge in [-0.2, -0.15) is 0 Å².